The van der Waals surface area contributed by atoms with Crippen molar-refractivity contribution in [1.29, 1.82) is 0 Å². The smallest absolute Gasteiger partial charge is 0.242 e. The molecule has 3 rings (SSSR count). The molecule has 1 spiro atoms. The minimum Gasteiger partial charge on any atom is -0.281 e. The summed E-state index contributed by atoms with van der Waals surface area (Å²) in [5, 5.41) is 0. The van der Waals surface area contributed by atoms with Gasteiger partial charge in [0.05, 0.1) is 0 Å². The van der Waals surface area contributed by atoms with Crippen LogP contribution in [-0.2, 0) is 19.2 Å². The van der Waals surface area contributed by atoms with Crippen molar-refractivity contribution in [2.45, 2.75) is 44.9 Å². The van der Waals surface area contributed by atoms with Crippen LogP contribution >= 0.6 is 0 Å². The van der Waals surface area contributed by atoms with E-state index in [1.807, 2.05) is 0 Å². The first kappa shape index (κ1) is 18.5. The number of carbonyl (C=O) groups is 4. The van der Waals surface area contributed by atoms with Crippen LogP contribution in [-0.4, -0.2) is 46.5 Å². The molecule has 140 valence electrons. The van der Waals surface area contributed by atoms with Crippen LogP contribution in [0.2, 0.25) is 0 Å². The molecule has 0 radical (unpaired) electrons. The zero-order valence-electron chi connectivity index (χ0n) is 15.1. The highest BCUT2D eigenvalue weighted by Crippen LogP contribution is 2.55. The van der Waals surface area contributed by atoms with Crippen molar-refractivity contribution in [1.82, 2.24) is 9.80 Å². The molecule has 26 heavy (non-hydrogen) atoms. The highest BCUT2D eigenvalue weighted by molar-refractivity contribution is 6.22. The summed E-state index contributed by atoms with van der Waals surface area (Å²) < 4.78 is 0. The number of piperidine rings is 2. The van der Waals surface area contributed by atoms with E-state index in [1.165, 1.54) is 0 Å². The normalized spacial score (nSPS) is 27.8. The second-order valence-corrected chi connectivity index (χ2v) is 7.47. The summed E-state index contributed by atoms with van der Waals surface area (Å²) in [7, 11) is 0. The molecule has 0 atom stereocenters. The number of amides is 4. The minimum atomic E-state index is -0.919. The van der Waals surface area contributed by atoms with Gasteiger partial charge in [-0.15, -0.1) is 13.2 Å². The number of likely N-dealkylation sites (tertiary alicyclic amines) is 2. The first-order chi connectivity index (χ1) is 12.5. The number of imide groups is 2. The van der Waals surface area contributed by atoms with E-state index < -0.39 is 40.9 Å². The van der Waals surface area contributed by atoms with Gasteiger partial charge in [0, 0.05) is 18.5 Å². The molecular formula is C20H26N2O4. The molecule has 6 heteroatoms. The molecule has 1 aliphatic carbocycles. The first-order valence-corrected chi connectivity index (χ1v) is 9.42. The maximum atomic E-state index is 13.2. The molecule has 2 saturated heterocycles. The fourth-order valence-corrected chi connectivity index (χ4v) is 4.87. The first-order valence-electron chi connectivity index (χ1n) is 9.42. The molecule has 0 aromatic heterocycles. The fraction of sp³-hybridized carbons (Fsp3) is 0.600. The van der Waals surface area contributed by atoms with Gasteiger partial charge in [0.1, 0.15) is 11.8 Å². The van der Waals surface area contributed by atoms with Crippen LogP contribution in [0.15, 0.2) is 25.3 Å². The van der Waals surface area contributed by atoms with Crippen molar-refractivity contribution in [2.75, 3.05) is 13.1 Å². The Morgan fingerprint density at radius 2 is 1.15 bits per heavy atom. The summed E-state index contributed by atoms with van der Waals surface area (Å²) in [6.07, 6.45) is 8.01. The molecule has 3 fully saturated rings. The molecule has 0 N–H and O–H groups in total. The lowest BCUT2D eigenvalue weighted by atomic mass is 9.54. The van der Waals surface area contributed by atoms with Gasteiger partial charge in [-0.1, -0.05) is 31.4 Å². The van der Waals surface area contributed by atoms with Crippen LogP contribution in [0.25, 0.3) is 0 Å². The van der Waals surface area contributed by atoms with Crippen molar-refractivity contribution in [3.63, 3.8) is 0 Å². The van der Waals surface area contributed by atoms with E-state index in [9.17, 15) is 19.2 Å². The molecule has 4 amide bonds. The largest absolute Gasteiger partial charge is 0.281 e. The third kappa shape index (κ3) is 2.63. The van der Waals surface area contributed by atoms with Crippen molar-refractivity contribution >= 4 is 23.6 Å². The van der Waals surface area contributed by atoms with Crippen molar-refractivity contribution in [3.05, 3.63) is 25.3 Å². The SMILES string of the molecule is C=CCCN1C(=O)C2C(=O)N(CCC=C)C(=O)C(C1=O)C21CCCCC1. The van der Waals surface area contributed by atoms with Gasteiger partial charge in [0.25, 0.3) is 0 Å². The molecule has 3 aliphatic rings. The second-order valence-electron chi connectivity index (χ2n) is 7.47. The van der Waals surface area contributed by atoms with Crippen LogP contribution in [0, 0.1) is 17.3 Å². The highest BCUT2D eigenvalue weighted by atomic mass is 16.2. The van der Waals surface area contributed by atoms with Crippen LogP contribution in [0.3, 0.4) is 0 Å². The predicted molar refractivity (Wildman–Crippen MR) is 95.6 cm³/mol. The van der Waals surface area contributed by atoms with Gasteiger partial charge in [-0.3, -0.25) is 29.0 Å². The molecule has 1 saturated carbocycles. The number of hydrogen-bond acceptors (Lipinski definition) is 4. The Morgan fingerprint density at radius 1 is 0.769 bits per heavy atom. The van der Waals surface area contributed by atoms with E-state index in [1.54, 1.807) is 12.2 Å². The van der Waals surface area contributed by atoms with Gasteiger partial charge in [-0.25, -0.2) is 0 Å². The van der Waals surface area contributed by atoms with E-state index >= 15 is 0 Å². The molecule has 0 aromatic rings. The number of rotatable bonds is 6. The quantitative estimate of drug-likeness (QED) is 0.414. The van der Waals surface area contributed by atoms with Crippen LogP contribution in [0.5, 0.6) is 0 Å². The molecule has 0 aromatic carbocycles. The van der Waals surface area contributed by atoms with Gasteiger partial charge in [0.15, 0.2) is 0 Å². The van der Waals surface area contributed by atoms with Crippen molar-refractivity contribution < 1.29 is 19.2 Å². The molecular weight excluding hydrogens is 332 g/mol. The van der Waals surface area contributed by atoms with Crippen molar-refractivity contribution in [3.8, 4) is 0 Å². The lowest BCUT2D eigenvalue weighted by Gasteiger charge is -2.55. The van der Waals surface area contributed by atoms with Gasteiger partial charge < -0.3 is 0 Å². The van der Waals surface area contributed by atoms with Gasteiger partial charge in [-0.05, 0) is 25.7 Å². The summed E-state index contributed by atoms with van der Waals surface area (Å²) in [4.78, 5) is 54.9. The summed E-state index contributed by atoms with van der Waals surface area (Å²) in [5.74, 6) is -3.57. The van der Waals surface area contributed by atoms with E-state index in [-0.39, 0.29) is 13.1 Å². The summed E-state index contributed by atoms with van der Waals surface area (Å²) in [6.45, 7) is 7.61. The third-order valence-corrected chi connectivity index (χ3v) is 6.10. The molecule has 2 aliphatic heterocycles. The fourth-order valence-electron chi connectivity index (χ4n) is 4.87. The number of carbonyl (C=O) groups excluding carboxylic acids is 4. The summed E-state index contributed by atoms with van der Waals surface area (Å²) >= 11 is 0. The Morgan fingerprint density at radius 3 is 1.50 bits per heavy atom. The van der Waals surface area contributed by atoms with E-state index in [0.717, 1.165) is 29.1 Å². The topological polar surface area (TPSA) is 74.8 Å². The molecule has 2 bridgehead atoms. The Balaban J connectivity index is 2.05. The average molecular weight is 358 g/mol. The minimum absolute atomic E-state index is 0.178. The van der Waals surface area contributed by atoms with Gasteiger partial charge in [0.2, 0.25) is 23.6 Å². The van der Waals surface area contributed by atoms with Crippen LogP contribution in [0.1, 0.15) is 44.9 Å². The summed E-state index contributed by atoms with van der Waals surface area (Å²) in [6, 6.07) is 0. The maximum Gasteiger partial charge on any atom is 0.242 e. The molecule has 0 unspecified atom stereocenters. The average Bonchev–Trinajstić information content (AvgIpc) is 2.62. The number of nitrogens with zero attached hydrogens (tertiary/aromatic N) is 2. The zero-order valence-corrected chi connectivity index (χ0v) is 15.1. The Labute approximate surface area is 153 Å². The predicted octanol–water partition coefficient (Wildman–Crippen LogP) is 2.06. The standard InChI is InChI=1S/C20H26N2O4/c1-3-5-12-21-16(23)14-18(25)22(13-6-4-2)19(26)15(17(21)24)20(14)10-8-7-9-11-20/h3-4,14-15H,1-2,5-13H2. The van der Waals surface area contributed by atoms with Crippen LogP contribution < -0.4 is 0 Å². The molecule has 2 heterocycles. The van der Waals surface area contributed by atoms with Crippen molar-refractivity contribution in [2.24, 2.45) is 17.3 Å². The lowest BCUT2D eigenvalue weighted by Crippen LogP contribution is -2.72. The second kappa shape index (κ2) is 7.17. The van der Waals surface area contributed by atoms with E-state index in [2.05, 4.69) is 13.2 Å². The lowest BCUT2D eigenvalue weighted by molar-refractivity contribution is -0.189. The van der Waals surface area contributed by atoms with Gasteiger partial charge >= 0.3 is 0 Å². The zero-order chi connectivity index (χ0) is 18.9. The van der Waals surface area contributed by atoms with E-state index in [4.69, 9.17) is 0 Å². The van der Waals surface area contributed by atoms with Crippen LogP contribution in [0.4, 0.5) is 0 Å². The highest BCUT2D eigenvalue weighted by Gasteiger charge is 2.67. The maximum absolute atomic E-state index is 13.2. The summed E-state index contributed by atoms with van der Waals surface area (Å²) in [5.41, 5.74) is -0.823. The Kier molecular flexibility index (Phi) is 5.12. The van der Waals surface area contributed by atoms with Gasteiger partial charge in [-0.2, -0.15) is 0 Å². The van der Waals surface area contributed by atoms with E-state index in [0.29, 0.717) is 25.7 Å². The third-order valence-electron chi connectivity index (χ3n) is 6.10. The monoisotopic (exact) mass is 358 g/mol. The Hall–Kier alpha value is -2.24. The molecule has 6 nitrogen and oxygen atoms in total. The Bertz CT molecular complexity index is 581. The number of hydrogen-bond donors (Lipinski definition) is 0.